The maximum Gasteiger partial charge on any atom is 0.138 e. The topological polar surface area (TPSA) is 42.7 Å². The first-order valence-corrected chi connectivity index (χ1v) is 7.18. The Balaban J connectivity index is 1.69. The highest BCUT2D eigenvalue weighted by molar-refractivity contribution is 5.42. The summed E-state index contributed by atoms with van der Waals surface area (Å²) in [5.41, 5.74) is 5.14. The second kappa shape index (κ2) is 5.14. The van der Waals surface area contributed by atoms with E-state index in [2.05, 4.69) is 63.9 Å². The molecule has 4 nitrogen and oxygen atoms in total. The van der Waals surface area contributed by atoms with Crippen LogP contribution < -0.4 is 5.32 Å². The van der Waals surface area contributed by atoms with Gasteiger partial charge in [0.2, 0.25) is 0 Å². The summed E-state index contributed by atoms with van der Waals surface area (Å²) in [6, 6.07) is 17.5. The molecule has 0 amide bonds. The third kappa shape index (κ3) is 2.23. The van der Waals surface area contributed by atoms with Crippen molar-refractivity contribution < 1.29 is 0 Å². The SMILES string of the molecule is c1ccc2c(c1)CCN[C@H]2c1ccc(-n2cncn2)cc1. The van der Waals surface area contributed by atoms with Crippen molar-refractivity contribution in [3.63, 3.8) is 0 Å². The molecule has 1 aliphatic heterocycles. The molecule has 0 unspecified atom stereocenters. The van der Waals surface area contributed by atoms with Gasteiger partial charge in [0.15, 0.2) is 0 Å². The first-order valence-electron chi connectivity index (χ1n) is 7.18. The predicted octanol–water partition coefficient (Wildman–Crippen LogP) is 2.50. The minimum atomic E-state index is 0.278. The number of rotatable bonds is 2. The van der Waals surface area contributed by atoms with Crippen molar-refractivity contribution in [1.82, 2.24) is 20.1 Å². The van der Waals surface area contributed by atoms with Gasteiger partial charge >= 0.3 is 0 Å². The second-order valence-electron chi connectivity index (χ2n) is 5.27. The molecule has 0 saturated carbocycles. The molecule has 21 heavy (non-hydrogen) atoms. The lowest BCUT2D eigenvalue weighted by Crippen LogP contribution is -2.30. The van der Waals surface area contributed by atoms with Crippen molar-refractivity contribution in [2.75, 3.05) is 6.54 Å². The van der Waals surface area contributed by atoms with Crippen LogP contribution in [0.2, 0.25) is 0 Å². The van der Waals surface area contributed by atoms with Gasteiger partial charge in [0.1, 0.15) is 12.7 Å². The highest BCUT2D eigenvalue weighted by Crippen LogP contribution is 2.28. The van der Waals surface area contributed by atoms with Crippen molar-refractivity contribution in [3.8, 4) is 5.69 Å². The van der Waals surface area contributed by atoms with Crippen LogP contribution in [-0.4, -0.2) is 21.3 Å². The van der Waals surface area contributed by atoms with Crippen LogP contribution in [0.25, 0.3) is 5.69 Å². The molecule has 0 fully saturated rings. The van der Waals surface area contributed by atoms with Crippen LogP contribution in [0.3, 0.4) is 0 Å². The van der Waals surface area contributed by atoms with Crippen molar-refractivity contribution in [1.29, 1.82) is 0 Å². The molecule has 1 aliphatic rings. The normalized spacial score (nSPS) is 17.4. The zero-order valence-electron chi connectivity index (χ0n) is 11.6. The van der Waals surface area contributed by atoms with E-state index in [9.17, 15) is 0 Å². The van der Waals surface area contributed by atoms with Gasteiger partial charge in [0.25, 0.3) is 0 Å². The first-order chi connectivity index (χ1) is 10.4. The zero-order chi connectivity index (χ0) is 14.1. The van der Waals surface area contributed by atoms with E-state index >= 15 is 0 Å². The fourth-order valence-electron chi connectivity index (χ4n) is 2.96. The van der Waals surface area contributed by atoms with E-state index in [0.717, 1.165) is 18.7 Å². The molecule has 4 heteroatoms. The van der Waals surface area contributed by atoms with Crippen LogP contribution in [0.15, 0.2) is 61.2 Å². The molecule has 104 valence electrons. The van der Waals surface area contributed by atoms with Crippen molar-refractivity contribution >= 4 is 0 Å². The van der Waals surface area contributed by atoms with Gasteiger partial charge in [-0.25, -0.2) is 9.67 Å². The minimum Gasteiger partial charge on any atom is -0.306 e. The van der Waals surface area contributed by atoms with Crippen LogP contribution in [0.1, 0.15) is 22.7 Å². The summed E-state index contributed by atoms with van der Waals surface area (Å²) in [5, 5.41) is 7.77. The Hall–Kier alpha value is -2.46. The number of nitrogens with zero attached hydrogens (tertiary/aromatic N) is 3. The third-order valence-corrected chi connectivity index (χ3v) is 4.02. The lowest BCUT2D eigenvalue weighted by molar-refractivity contribution is 0.568. The molecule has 0 spiro atoms. The van der Waals surface area contributed by atoms with Gasteiger partial charge in [-0.2, -0.15) is 5.10 Å². The van der Waals surface area contributed by atoms with Crippen LogP contribution in [-0.2, 0) is 6.42 Å². The number of hydrogen-bond donors (Lipinski definition) is 1. The molecule has 3 aromatic rings. The average Bonchev–Trinajstić information content (AvgIpc) is 3.09. The Morgan fingerprint density at radius 3 is 2.71 bits per heavy atom. The largest absolute Gasteiger partial charge is 0.306 e. The Bertz CT molecular complexity index is 732. The van der Waals surface area contributed by atoms with Crippen molar-refractivity contribution in [3.05, 3.63) is 77.9 Å². The maximum absolute atomic E-state index is 4.15. The summed E-state index contributed by atoms with van der Waals surface area (Å²) in [7, 11) is 0. The fourth-order valence-corrected chi connectivity index (χ4v) is 2.96. The number of nitrogens with one attached hydrogen (secondary N) is 1. The summed E-state index contributed by atoms with van der Waals surface area (Å²) in [6.07, 6.45) is 4.36. The van der Waals surface area contributed by atoms with Crippen molar-refractivity contribution in [2.24, 2.45) is 0 Å². The predicted molar refractivity (Wildman–Crippen MR) is 81.4 cm³/mol. The van der Waals surface area contributed by atoms with E-state index in [4.69, 9.17) is 0 Å². The third-order valence-electron chi connectivity index (χ3n) is 4.02. The molecule has 2 aromatic carbocycles. The standard InChI is InChI=1S/C17H16N4/c1-2-4-16-13(3-1)9-10-19-17(16)14-5-7-15(8-6-14)21-12-18-11-20-21/h1-8,11-12,17,19H,9-10H2/t17-/m0/s1. The highest BCUT2D eigenvalue weighted by Gasteiger charge is 2.20. The van der Waals surface area contributed by atoms with Gasteiger partial charge in [-0.3, -0.25) is 0 Å². The van der Waals surface area contributed by atoms with E-state index in [-0.39, 0.29) is 6.04 Å². The summed E-state index contributed by atoms with van der Waals surface area (Å²) in [4.78, 5) is 3.98. The lowest BCUT2D eigenvalue weighted by Gasteiger charge is -2.27. The van der Waals surface area contributed by atoms with E-state index in [0.29, 0.717) is 0 Å². The molecule has 4 rings (SSSR count). The zero-order valence-corrected chi connectivity index (χ0v) is 11.6. The Kier molecular flexibility index (Phi) is 3.01. The molecule has 0 saturated heterocycles. The van der Waals surface area contributed by atoms with Gasteiger partial charge in [-0.15, -0.1) is 0 Å². The summed E-state index contributed by atoms with van der Waals surface area (Å²) in [5.74, 6) is 0. The molecular formula is C17H16N4. The number of fused-ring (bicyclic) bond motifs is 1. The second-order valence-corrected chi connectivity index (χ2v) is 5.27. The van der Waals surface area contributed by atoms with E-state index in [1.807, 2.05) is 0 Å². The van der Waals surface area contributed by atoms with Gasteiger partial charge < -0.3 is 5.32 Å². The maximum atomic E-state index is 4.15. The van der Waals surface area contributed by atoms with Gasteiger partial charge in [0, 0.05) is 6.54 Å². The number of hydrogen-bond acceptors (Lipinski definition) is 3. The molecule has 1 N–H and O–H groups in total. The quantitative estimate of drug-likeness (QED) is 0.782. The highest BCUT2D eigenvalue weighted by atomic mass is 15.3. The lowest BCUT2D eigenvalue weighted by atomic mass is 9.90. The Labute approximate surface area is 123 Å². The molecule has 0 radical (unpaired) electrons. The average molecular weight is 276 g/mol. The fraction of sp³-hybridized carbons (Fsp3) is 0.176. The monoisotopic (exact) mass is 276 g/mol. The summed E-state index contributed by atoms with van der Waals surface area (Å²) < 4.78 is 1.77. The van der Waals surface area contributed by atoms with Gasteiger partial charge in [-0.1, -0.05) is 36.4 Å². The Morgan fingerprint density at radius 2 is 1.90 bits per heavy atom. The van der Waals surface area contributed by atoms with Crippen molar-refractivity contribution in [2.45, 2.75) is 12.5 Å². The molecule has 1 atom stereocenters. The molecule has 2 heterocycles. The van der Waals surface area contributed by atoms with Gasteiger partial charge in [-0.05, 0) is 35.2 Å². The number of benzene rings is 2. The van der Waals surface area contributed by atoms with E-state index in [1.165, 1.54) is 16.7 Å². The van der Waals surface area contributed by atoms with Crippen LogP contribution >= 0.6 is 0 Å². The molecule has 0 bridgehead atoms. The van der Waals surface area contributed by atoms with Crippen LogP contribution in [0.5, 0.6) is 0 Å². The molecular weight excluding hydrogens is 260 g/mol. The minimum absolute atomic E-state index is 0.278. The van der Waals surface area contributed by atoms with E-state index < -0.39 is 0 Å². The number of aromatic nitrogens is 3. The summed E-state index contributed by atoms with van der Waals surface area (Å²) >= 11 is 0. The molecule has 1 aromatic heterocycles. The molecule has 0 aliphatic carbocycles. The Morgan fingerprint density at radius 1 is 1.05 bits per heavy atom. The van der Waals surface area contributed by atoms with E-state index in [1.54, 1.807) is 17.3 Å². The van der Waals surface area contributed by atoms with Crippen LogP contribution in [0.4, 0.5) is 0 Å². The van der Waals surface area contributed by atoms with Gasteiger partial charge in [0.05, 0.1) is 11.7 Å². The first kappa shape index (κ1) is 12.3. The van der Waals surface area contributed by atoms with Crippen LogP contribution in [0, 0.1) is 0 Å². The summed E-state index contributed by atoms with van der Waals surface area (Å²) in [6.45, 7) is 1.02. The smallest absolute Gasteiger partial charge is 0.138 e.